The maximum atomic E-state index is 11.6. The summed E-state index contributed by atoms with van der Waals surface area (Å²) in [4.78, 5) is 35.3. The zero-order valence-corrected chi connectivity index (χ0v) is 22.7. The molecule has 1 aliphatic rings. The Morgan fingerprint density at radius 1 is 1.03 bits per heavy atom. The van der Waals surface area contributed by atoms with E-state index in [0.29, 0.717) is 69.6 Å². The maximum Gasteiger partial charge on any atom is 0.407 e. The summed E-state index contributed by atoms with van der Waals surface area (Å²) in [5.41, 5.74) is 6.19. The second kappa shape index (κ2) is 10.9. The minimum atomic E-state index is -0.940. The van der Waals surface area contributed by atoms with Crippen LogP contribution in [0, 0.1) is 0 Å². The second-order valence-electron chi connectivity index (χ2n) is 9.07. The predicted octanol–water partition coefficient (Wildman–Crippen LogP) is 6.54. The number of amides is 1. The fourth-order valence-electron chi connectivity index (χ4n) is 4.68. The number of ether oxygens (including phenoxy) is 1. The van der Waals surface area contributed by atoms with Crippen molar-refractivity contribution < 1.29 is 19.4 Å². The quantitative estimate of drug-likeness (QED) is 0.276. The fraction of sp³-hybridized carbons (Fsp3) is 0.172. The first kappa shape index (κ1) is 26.5. The summed E-state index contributed by atoms with van der Waals surface area (Å²) in [7, 11) is 3.40. The van der Waals surface area contributed by atoms with Gasteiger partial charge in [-0.25, -0.2) is 9.78 Å². The zero-order chi connectivity index (χ0) is 27.7. The van der Waals surface area contributed by atoms with Gasteiger partial charge in [0.15, 0.2) is 6.29 Å². The number of likely N-dealkylation sites (N-methyl/N-ethyl adjacent to an activating group) is 1. The minimum absolute atomic E-state index is 0.216. The number of carbonyl (C=O) groups is 2. The van der Waals surface area contributed by atoms with Crippen molar-refractivity contribution in [1.29, 1.82) is 0 Å². The van der Waals surface area contributed by atoms with Gasteiger partial charge in [0.2, 0.25) is 5.88 Å². The average Bonchev–Trinajstić information content (AvgIpc) is 3.11. The van der Waals surface area contributed by atoms with Gasteiger partial charge in [-0.2, -0.15) is 0 Å². The third-order valence-corrected chi connectivity index (χ3v) is 7.56. The third kappa shape index (κ3) is 5.01. The molecule has 0 aliphatic carbocycles. The van der Waals surface area contributed by atoms with E-state index in [0.717, 1.165) is 16.8 Å². The molecule has 0 spiro atoms. The SMILES string of the molecule is COc1nc(-c2cccc(-c3ccnc(-c4ccc5c(c4)N(C)CCN(C(=O)O)C5)c3Cl)c2Cl)ccc1C=O. The number of aldehydes is 1. The fourth-order valence-corrected chi connectivity index (χ4v) is 5.33. The molecule has 0 atom stereocenters. The highest BCUT2D eigenvalue weighted by atomic mass is 35.5. The summed E-state index contributed by atoms with van der Waals surface area (Å²) >= 11 is 13.9. The smallest absolute Gasteiger partial charge is 0.407 e. The maximum absolute atomic E-state index is 11.6. The molecule has 2 aromatic carbocycles. The molecular weight excluding hydrogens is 539 g/mol. The normalized spacial score (nSPS) is 13.0. The molecule has 1 N–H and O–H groups in total. The van der Waals surface area contributed by atoms with Crippen LogP contribution in [0.5, 0.6) is 5.88 Å². The van der Waals surface area contributed by atoms with Crippen LogP contribution in [-0.2, 0) is 6.54 Å². The second-order valence-corrected chi connectivity index (χ2v) is 9.83. The Morgan fingerprint density at radius 3 is 2.54 bits per heavy atom. The molecule has 39 heavy (non-hydrogen) atoms. The predicted molar refractivity (Wildman–Crippen MR) is 152 cm³/mol. The third-order valence-electron chi connectivity index (χ3n) is 6.77. The number of hydrogen-bond donors (Lipinski definition) is 1. The summed E-state index contributed by atoms with van der Waals surface area (Å²) in [6, 6.07) is 16.5. The molecule has 1 aliphatic heterocycles. The summed E-state index contributed by atoms with van der Waals surface area (Å²) in [5, 5.41) is 10.4. The van der Waals surface area contributed by atoms with E-state index in [1.165, 1.54) is 12.0 Å². The van der Waals surface area contributed by atoms with Crippen LogP contribution in [0.2, 0.25) is 10.0 Å². The molecule has 5 rings (SSSR count). The van der Waals surface area contributed by atoms with Crippen LogP contribution in [0.4, 0.5) is 10.5 Å². The summed E-state index contributed by atoms with van der Waals surface area (Å²) in [6.07, 6.45) is 1.43. The Bertz CT molecular complexity index is 1590. The molecule has 0 unspecified atom stereocenters. The van der Waals surface area contributed by atoms with Gasteiger partial charge >= 0.3 is 6.09 Å². The number of carbonyl (C=O) groups excluding carboxylic acids is 1. The molecule has 3 heterocycles. The van der Waals surface area contributed by atoms with E-state index in [-0.39, 0.29) is 5.88 Å². The summed E-state index contributed by atoms with van der Waals surface area (Å²) in [5.74, 6) is 0.216. The molecule has 4 aromatic rings. The Balaban J connectivity index is 1.56. The van der Waals surface area contributed by atoms with E-state index >= 15 is 0 Å². The minimum Gasteiger partial charge on any atom is -0.480 e. The monoisotopic (exact) mass is 562 g/mol. The van der Waals surface area contributed by atoms with Crippen LogP contribution in [-0.4, -0.2) is 59.6 Å². The van der Waals surface area contributed by atoms with Crippen molar-refractivity contribution in [2.75, 3.05) is 32.1 Å². The van der Waals surface area contributed by atoms with Gasteiger partial charge in [-0.05, 0) is 29.8 Å². The molecule has 198 valence electrons. The number of methoxy groups -OCH3 is 1. The molecule has 0 saturated carbocycles. The number of anilines is 1. The zero-order valence-electron chi connectivity index (χ0n) is 21.2. The van der Waals surface area contributed by atoms with Gasteiger partial charge in [-0.3, -0.25) is 9.78 Å². The standard InChI is InChI=1S/C29H24Cl2N4O4/c1-34-12-13-35(29(37)38)15-18-7-6-17(14-24(18)34)27-26(31)21(10-11-32-27)20-4-3-5-22(25(20)30)23-9-8-19(16-36)28(33-23)39-2/h3-11,14,16H,12-13,15H2,1-2H3,(H,37,38). The van der Waals surface area contributed by atoms with Gasteiger partial charge in [0.1, 0.15) is 0 Å². The highest BCUT2D eigenvalue weighted by Crippen LogP contribution is 2.42. The van der Waals surface area contributed by atoms with Crippen molar-refractivity contribution in [3.63, 3.8) is 0 Å². The van der Waals surface area contributed by atoms with Gasteiger partial charge in [0.05, 0.1) is 40.7 Å². The highest BCUT2D eigenvalue weighted by molar-refractivity contribution is 6.39. The summed E-state index contributed by atoms with van der Waals surface area (Å²) in [6.45, 7) is 1.29. The number of carboxylic acid groups (broad SMARTS) is 1. The number of hydrogen-bond acceptors (Lipinski definition) is 6. The lowest BCUT2D eigenvalue weighted by Gasteiger charge is -2.20. The molecule has 0 bridgehead atoms. The summed E-state index contributed by atoms with van der Waals surface area (Å²) < 4.78 is 5.26. The first-order valence-corrected chi connectivity index (χ1v) is 12.8. The van der Waals surface area contributed by atoms with Crippen LogP contribution >= 0.6 is 23.2 Å². The van der Waals surface area contributed by atoms with Crippen molar-refractivity contribution in [1.82, 2.24) is 14.9 Å². The van der Waals surface area contributed by atoms with Gasteiger partial charge < -0.3 is 19.6 Å². The van der Waals surface area contributed by atoms with Crippen molar-refractivity contribution in [2.24, 2.45) is 0 Å². The Labute approximate surface area is 235 Å². The van der Waals surface area contributed by atoms with Gasteiger partial charge in [-0.15, -0.1) is 0 Å². The lowest BCUT2D eigenvalue weighted by atomic mass is 9.99. The topological polar surface area (TPSA) is 95.9 Å². The van der Waals surface area contributed by atoms with Crippen molar-refractivity contribution in [2.45, 2.75) is 6.54 Å². The highest BCUT2D eigenvalue weighted by Gasteiger charge is 2.23. The molecule has 10 heteroatoms. The molecule has 0 saturated heterocycles. The van der Waals surface area contributed by atoms with Crippen LogP contribution in [0.3, 0.4) is 0 Å². The van der Waals surface area contributed by atoms with E-state index < -0.39 is 6.09 Å². The first-order valence-electron chi connectivity index (χ1n) is 12.1. The number of rotatable bonds is 5. The number of nitrogens with zero attached hydrogens (tertiary/aromatic N) is 4. The van der Waals surface area contributed by atoms with Gasteiger partial charge in [0.25, 0.3) is 0 Å². The van der Waals surface area contributed by atoms with Gasteiger partial charge in [0, 0.05) is 54.3 Å². The van der Waals surface area contributed by atoms with Crippen LogP contribution < -0.4 is 9.64 Å². The molecular formula is C29H24Cl2N4O4. The Kier molecular flexibility index (Phi) is 7.41. The lowest BCUT2D eigenvalue weighted by molar-refractivity contribution is 0.111. The van der Waals surface area contributed by atoms with Crippen LogP contribution in [0.1, 0.15) is 15.9 Å². The number of fused-ring (bicyclic) bond motifs is 1. The van der Waals surface area contributed by atoms with E-state index in [4.69, 9.17) is 27.9 Å². The van der Waals surface area contributed by atoms with E-state index in [1.54, 1.807) is 24.4 Å². The Morgan fingerprint density at radius 2 is 1.79 bits per heavy atom. The van der Waals surface area contributed by atoms with Crippen LogP contribution in [0.25, 0.3) is 33.6 Å². The molecule has 0 radical (unpaired) electrons. The molecule has 8 nitrogen and oxygen atoms in total. The molecule has 1 amide bonds. The molecule has 2 aromatic heterocycles. The van der Waals surface area contributed by atoms with Crippen molar-refractivity contribution in [3.8, 4) is 39.5 Å². The van der Waals surface area contributed by atoms with E-state index in [9.17, 15) is 14.7 Å². The average molecular weight is 563 g/mol. The van der Waals surface area contributed by atoms with E-state index in [2.05, 4.69) is 9.97 Å². The lowest BCUT2D eigenvalue weighted by Crippen LogP contribution is -2.33. The van der Waals surface area contributed by atoms with Gasteiger partial charge in [-0.1, -0.05) is 53.5 Å². The Hall–Kier alpha value is -4.14. The number of benzene rings is 2. The van der Waals surface area contributed by atoms with Crippen molar-refractivity contribution in [3.05, 3.63) is 82.0 Å². The number of aromatic nitrogens is 2. The van der Waals surface area contributed by atoms with Crippen molar-refractivity contribution >= 4 is 41.3 Å². The first-order chi connectivity index (χ1) is 18.8. The number of halogens is 2. The van der Waals surface area contributed by atoms with E-state index in [1.807, 2.05) is 48.3 Å². The van der Waals surface area contributed by atoms with Crippen LogP contribution in [0.15, 0.2) is 60.8 Å². The largest absolute Gasteiger partial charge is 0.480 e. The molecule has 0 fully saturated rings. The number of pyridine rings is 2.